The first-order valence-corrected chi connectivity index (χ1v) is 10.7. The van der Waals surface area contributed by atoms with Crippen molar-refractivity contribution in [1.29, 1.82) is 0 Å². The molecule has 1 unspecified atom stereocenters. The minimum atomic E-state index is -3.57. The highest BCUT2D eigenvalue weighted by Crippen LogP contribution is 2.20. The molecule has 1 fully saturated rings. The van der Waals surface area contributed by atoms with E-state index in [9.17, 15) is 16.8 Å². The lowest BCUT2D eigenvalue weighted by molar-refractivity contribution is 0.248. The van der Waals surface area contributed by atoms with Crippen LogP contribution in [0.25, 0.3) is 0 Å². The Morgan fingerprint density at radius 2 is 1.95 bits per heavy atom. The predicted molar refractivity (Wildman–Crippen MR) is 84.1 cm³/mol. The van der Waals surface area contributed by atoms with E-state index in [1.54, 1.807) is 0 Å². The number of rotatable bonds is 8. The minimum Gasteiger partial charge on any atom is -0.317 e. The monoisotopic (exact) mass is 341 g/mol. The fourth-order valence-corrected chi connectivity index (χ4v) is 4.55. The second kappa shape index (κ2) is 7.87. The summed E-state index contributed by atoms with van der Waals surface area (Å²) in [5, 5.41) is 3.25. The number of hydrogen-bond acceptors (Lipinski definition) is 5. The van der Waals surface area contributed by atoms with Crippen molar-refractivity contribution in [3.8, 4) is 0 Å². The standard InChI is InChI=1S/C12H27N3O4S2/c1-4-13-10-12-6-5-7-15(11-12)21(18,19)14(2)8-9-20(3,16)17/h12-13H,4-11H2,1-3H3. The van der Waals surface area contributed by atoms with E-state index in [4.69, 9.17) is 0 Å². The van der Waals surface area contributed by atoms with Crippen molar-refractivity contribution in [2.24, 2.45) is 5.92 Å². The Morgan fingerprint density at radius 1 is 1.29 bits per heavy atom. The van der Waals surface area contributed by atoms with Crippen molar-refractivity contribution in [3.63, 3.8) is 0 Å². The van der Waals surface area contributed by atoms with Crippen LogP contribution >= 0.6 is 0 Å². The smallest absolute Gasteiger partial charge is 0.281 e. The SMILES string of the molecule is CCNCC1CCCN(S(=O)(=O)N(C)CCS(C)(=O)=O)C1. The van der Waals surface area contributed by atoms with Gasteiger partial charge in [-0.15, -0.1) is 0 Å². The van der Waals surface area contributed by atoms with E-state index in [2.05, 4.69) is 5.32 Å². The van der Waals surface area contributed by atoms with Gasteiger partial charge in [0, 0.05) is 32.9 Å². The van der Waals surface area contributed by atoms with Crippen LogP contribution in [-0.2, 0) is 20.0 Å². The van der Waals surface area contributed by atoms with Gasteiger partial charge in [-0.1, -0.05) is 6.92 Å². The molecule has 1 atom stereocenters. The van der Waals surface area contributed by atoms with Gasteiger partial charge in [0.15, 0.2) is 0 Å². The average Bonchev–Trinajstić information content (AvgIpc) is 2.42. The first-order chi connectivity index (χ1) is 9.66. The summed E-state index contributed by atoms with van der Waals surface area (Å²) in [6.07, 6.45) is 2.97. The van der Waals surface area contributed by atoms with Crippen molar-refractivity contribution >= 4 is 20.0 Å². The largest absolute Gasteiger partial charge is 0.317 e. The van der Waals surface area contributed by atoms with Gasteiger partial charge in [-0.3, -0.25) is 0 Å². The molecule has 7 nitrogen and oxygen atoms in total. The zero-order chi connectivity index (χ0) is 16.1. The fraction of sp³-hybridized carbons (Fsp3) is 1.00. The lowest BCUT2D eigenvalue weighted by Crippen LogP contribution is -2.49. The number of piperidine rings is 1. The van der Waals surface area contributed by atoms with E-state index in [-0.39, 0.29) is 12.3 Å². The zero-order valence-electron chi connectivity index (χ0n) is 13.1. The molecule has 0 aliphatic carbocycles. The third-order valence-electron chi connectivity index (χ3n) is 3.66. The molecule has 0 spiro atoms. The van der Waals surface area contributed by atoms with E-state index in [0.717, 1.165) is 36.5 Å². The van der Waals surface area contributed by atoms with Crippen LogP contribution in [-0.4, -0.2) is 77.2 Å². The second-order valence-electron chi connectivity index (χ2n) is 5.63. The molecule has 0 aromatic heterocycles. The number of nitrogens with one attached hydrogen (secondary N) is 1. The lowest BCUT2D eigenvalue weighted by atomic mass is 10.00. The molecule has 1 saturated heterocycles. The first kappa shape index (κ1) is 18.8. The molecule has 126 valence electrons. The zero-order valence-corrected chi connectivity index (χ0v) is 14.7. The maximum absolute atomic E-state index is 12.5. The molecule has 0 radical (unpaired) electrons. The third kappa shape index (κ3) is 6.19. The second-order valence-corrected chi connectivity index (χ2v) is 9.93. The molecule has 1 aliphatic rings. The highest BCUT2D eigenvalue weighted by molar-refractivity contribution is 7.90. The van der Waals surface area contributed by atoms with Gasteiger partial charge in [0.1, 0.15) is 9.84 Å². The summed E-state index contributed by atoms with van der Waals surface area (Å²) in [6.45, 7) is 4.71. The Kier molecular flexibility index (Phi) is 7.05. The highest BCUT2D eigenvalue weighted by atomic mass is 32.2. The Bertz CT molecular complexity index is 519. The summed E-state index contributed by atoms with van der Waals surface area (Å²) in [6, 6.07) is 0. The van der Waals surface area contributed by atoms with Gasteiger partial charge in [-0.25, -0.2) is 8.42 Å². The molecule has 1 heterocycles. The molecular formula is C12H27N3O4S2. The van der Waals surface area contributed by atoms with Crippen LogP contribution in [0.4, 0.5) is 0 Å². The Balaban J connectivity index is 2.63. The van der Waals surface area contributed by atoms with Gasteiger partial charge in [0.2, 0.25) is 0 Å². The summed E-state index contributed by atoms with van der Waals surface area (Å²) in [7, 11) is -5.30. The Morgan fingerprint density at radius 3 is 2.52 bits per heavy atom. The van der Waals surface area contributed by atoms with Crippen molar-refractivity contribution < 1.29 is 16.8 Å². The normalized spacial score (nSPS) is 21.8. The van der Waals surface area contributed by atoms with E-state index in [1.165, 1.54) is 11.4 Å². The van der Waals surface area contributed by atoms with Crippen molar-refractivity contribution in [1.82, 2.24) is 13.9 Å². The van der Waals surface area contributed by atoms with Crippen molar-refractivity contribution in [2.75, 3.05) is 51.8 Å². The predicted octanol–water partition coefficient (Wildman–Crippen LogP) is -0.471. The molecule has 1 rings (SSSR count). The third-order valence-corrected chi connectivity index (χ3v) is 6.54. The van der Waals surface area contributed by atoms with Crippen LogP contribution in [0.3, 0.4) is 0 Å². The maximum atomic E-state index is 12.5. The number of nitrogens with zero attached hydrogens (tertiary/aromatic N) is 2. The molecule has 1 N–H and O–H groups in total. The molecule has 0 bridgehead atoms. The van der Waals surface area contributed by atoms with Gasteiger partial charge >= 0.3 is 0 Å². The van der Waals surface area contributed by atoms with Gasteiger partial charge < -0.3 is 5.32 Å². The van der Waals surface area contributed by atoms with Gasteiger partial charge in [-0.05, 0) is 31.8 Å². The summed E-state index contributed by atoms with van der Waals surface area (Å²) in [5.41, 5.74) is 0. The van der Waals surface area contributed by atoms with Crippen LogP contribution in [0.1, 0.15) is 19.8 Å². The van der Waals surface area contributed by atoms with Gasteiger partial charge in [-0.2, -0.15) is 17.0 Å². The van der Waals surface area contributed by atoms with E-state index in [1.807, 2.05) is 6.92 Å². The van der Waals surface area contributed by atoms with Gasteiger partial charge in [0.05, 0.1) is 5.75 Å². The van der Waals surface area contributed by atoms with Crippen LogP contribution < -0.4 is 5.32 Å². The summed E-state index contributed by atoms with van der Waals surface area (Å²) < 4.78 is 49.9. The minimum absolute atomic E-state index is 0.00442. The van der Waals surface area contributed by atoms with Crippen molar-refractivity contribution in [2.45, 2.75) is 19.8 Å². The van der Waals surface area contributed by atoms with Crippen LogP contribution in [0, 0.1) is 5.92 Å². The van der Waals surface area contributed by atoms with E-state index >= 15 is 0 Å². The van der Waals surface area contributed by atoms with Gasteiger partial charge in [0.25, 0.3) is 10.2 Å². The average molecular weight is 341 g/mol. The highest BCUT2D eigenvalue weighted by Gasteiger charge is 2.31. The van der Waals surface area contributed by atoms with Crippen LogP contribution in [0.2, 0.25) is 0 Å². The molecular weight excluding hydrogens is 314 g/mol. The number of sulfone groups is 1. The topological polar surface area (TPSA) is 86.8 Å². The van der Waals surface area contributed by atoms with E-state index < -0.39 is 20.0 Å². The molecule has 0 aromatic carbocycles. The first-order valence-electron chi connectivity index (χ1n) is 7.26. The van der Waals surface area contributed by atoms with Crippen molar-refractivity contribution in [3.05, 3.63) is 0 Å². The maximum Gasteiger partial charge on any atom is 0.281 e. The molecule has 9 heteroatoms. The molecule has 0 saturated carbocycles. The molecule has 0 aromatic rings. The molecule has 1 aliphatic heterocycles. The summed E-state index contributed by atoms with van der Waals surface area (Å²) in [5.74, 6) is 0.161. The summed E-state index contributed by atoms with van der Waals surface area (Å²) >= 11 is 0. The lowest BCUT2D eigenvalue weighted by Gasteiger charge is -2.34. The summed E-state index contributed by atoms with van der Waals surface area (Å²) in [4.78, 5) is 0. The van der Waals surface area contributed by atoms with Crippen LogP contribution in [0.15, 0.2) is 0 Å². The molecule has 0 amide bonds. The van der Waals surface area contributed by atoms with Crippen LogP contribution in [0.5, 0.6) is 0 Å². The Hall–Kier alpha value is -0.220. The Labute approximate surface area is 128 Å². The fourth-order valence-electron chi connectivity index (χ4n) is 2.36. The number of hydrogen-bond donors (Lipinski definition) is 1. The quantitative estimate of drug-likeness (QED) is 0.645. The molecule has 21 heavy (non-hydrogen) atoms. The van der Waals surface area contributed by atoms with E-state index in [0.29, 0.717) is 19.0 Å².